The van der Waals surface area contributed by atoms with Gasteiger partial charge in [0.15, 0.2) is 0 Å². The molecule has 0 saturated heterocycles. The Balaban J connectivity index is 0.00000196. The van der Waals surface area contributed by atoms with Crippen LogP contribution in [-0.2, 0) is 4.79 Å². The van der Waals surface area contributed by atoms with E-state index in [1.54, 1.807) is 0 Å². The number of carboxylic acid groups (broad SMARTS) is 1. The highest BCUT2D eigenvalue weighted by Gasteiger charge is 2.23. The summed E-state index contributed by atoms with van der Waals surface area (Å²) in [5.41, 5.74) is 5.64. The highest BCUT2D eigenvalue weighted by Crippen LogP contribution is 2.30. The monoisotopic (exact) mass is 235 g/mol. The van der Waals surface area contributed by atoms with Crippen LogP contribution in [-0.4, -0.2) is 17.6 Å². The minimum absolute atomic E-state index is 0. The molecule has 90 valence electrons. The van der Waals surface area contributed by atoms with Crippen molar-refractivity contribution in [3.8, 4) is 0 Å². The number of hydrogen-bond donors (Lipinski definition) is 2. The number of aliphatic carboxylic acids is 1. The van der Waals surface area contributed by atoms with Crippen LogP contribution in [0.25, 0.3) is 0 Å². The first-order valence-electron chi connectivity index (χ1n) is 5.66. The first-order valence-corrected chi connectivity index (χ1v) is 5.66. The highest BCUT2D eigenvalue weighted by molar-refractivity contribution is 5.85. The van der Waals surface area contributed by atoms with Crippen LogP contribution in [0, 0.1) is 11.8 Å². The number of carbonyl (C=O) groups is 1. The Morgan fingerprint density at radius 2 is 1.80 bits per heavy atom. The summed E-state index contributed by atoms with van der Waals surface area (Å²) >= 11 is 0. The molecule has 15 heavy (non-hydrogen) atoms. The molecule has 3 N–H and O–H groups in total. The molecule has 4 heteroatoms. The standard InChI is InChI=1S/C11H21NO2.ClH/c12-8-10(7-11(13)14)9-5-3-1-2-4-6-9;/h9-10H,1-8,12H2,(H,13,14);1H. The average molecular weight is 236 g/mol. The second-order valence-electron chi connectivity index (χ2n) is 4.35. The fourth-order valence-corrected chi connectivity index (χ4v) is 2.45. The second kappa shape index (κ2) is 7.94. The quantitative estimate of drug-likeness (QED) is 0.736. The van der Waals surface area contributed by atoms with Crippen LogP contribution in [0.2, 0.25) is 0 Å². The Labute approximate surface area is 97.8 Å². The zero-order chi connectivity index (χ0) is 10.4. The topological polar surface area (TPSA) is 63.3 Å². The maximum absolute atomic E-state index is 10.6. The average Bonchev–Trinajstić information content (AvgIpc) is 2.41. The highest BCUT2D eigenvalue weighted by atomic mass is 35.5. The SMILES string of the molecule is Cl.NCC(CC(=O)O)C1CCCCCC1. The number of nitrogens with two attached hydrogens (primary N) is 1. The van der Waals surface area contributed by atoms with E-state index in [1.807, 2.05) is 0 Å². The van der Waals surface area contributed by atoms with Crippen molar-refractivity contribution in [1.29, 1.82) is 0 Å². The lowest BCUT2D eigenvalue weighted by atomic mass is 9.84. The number of halogens is 1. The van der Waals surface area contributed by atoms with Gasteiger partial charge in [0, 0.05) is 6.42 Å². The molecule has 1 fully saturated rings. The molecule has 1 rings (SSSR count). The van der Waals surface area contributed by atoms with E-state index in [0.717, 1.165) is 0 Å². The van der Waals surface area contributed by atoms with E-state index in [1.165, 1.54) is 38.5 Å². The summed E-state index contributed by atoms with van der Waals surface area (Å²) in [5.74, 6) is 0.0499. The molecule has 1 atom stereocenters. The van der Waals surface area contributed by atoms with Crippen LogP contribution >= 0.6 is 12.4 Å². The predicted molar refractivity (Wildman–Crippen MR) is 63.2 cm³/mol. The van der Waals surface area contributed by atoms with Crippen LogP contribution in [0.15, 0.2) is 0 Å². The van der Waals surface area contributed by atoms with Crippen molar-refractivity contribution in [1.82, 2.24) is 0 Å². The van der Waals surface area contributed by atoms with Gasteiger partial charge in [-0.25, -0.2) is 0 Å². The minimum atomic E-state index is -0.704. The third-order valence-electron chi connectivity index (χ3n) is 3.31. The van der Waals surface area contributed by atoms with E-state index in [4.69, 9.17) is 10.8 Å². The molecule has 0 aliphatic heterocycles. The molecule has 1 aliphatic rings. The molecule has 0 radical (unpaired) electrons. The molecule has 1 saturated carbocycles. The molecule has 0 aromatic carbocycles. The van der Waals surface area contributed by atoms with E-state index in [-0.39, 0.29) is 24.7 Å². The molecule has 1 aliphatic carbocycles. The summed E-state index contributed by atoms with van der Waals surface area (Å²) in [6.07, 6.45) is 7.72. The number of rotatable bonds is 4. The summed E-state index contributed by atoms with van der Waals surface area (Å²) in [4.78, 5) is 10.6. The van der Waals surface area contributed by atoms with E-state index in [0.29, 0.717) is 12.5 Å². The van der Waals surface area contributed by atoms with Crippen LogP contribution in [0.3, 0.4) is 0 Å². The molecule has 0 amide bonds. The normalized spacial score (nSPS) is 20.1. The molecule has 0 aromatic rings. The summed E-state index contributed by atoms with van der Waals surface area (Å²) in [7, 11) is 0. The van der Waals surface area contributed by atoms with Crippen molar-refractivity contribution in [2.24, 2.45) is 17.6 Å². The van der Waals surface area contributed by atoms with Gasteiger partial charge in [-0.05, 0) is 18.4 Å². The molecule has 1 unspecified atom stereocenters. The smallest absolute Gasteiger partial charge is 0.303 e. The van der Waals surface area contributed by atoms with E-state index >= 15 is 0 Å². The van der Waals surface area contributed by atoms with E-state index < -0.39 is 5.97 Å². The number of carboxylic acids is 1. The Kier molecular flexibility index (Phi) is 7.79. The van der Waals surface area contributed by atoms with Gasteiger partial charge in [0.2, 0.25) is 0 Å². The molecule has 0 heterocycles. The van der Waals surface area contributed by atoms with Crippen LogP contribution < -0.4 is 5.73 Å². The van der Waals surface area contributed by atoms with E-state index in [9.17, 15) is 4.79 Å². The molecule has 0 aromatic heterocycles. The van der Waals surface area contributed by atoms with Crippen molar-refractivity contribution in [3.05, 3.63) is 0 Å². The molecular formula is C11H22ClNO2. The van der Waals surface area contributed by atoms with Gasteiger partial charge in [-0.1, -0.05) is 38.5 Å². The van der Waals surface area contributed by atoms with Crippen molar-refractivity contribution in [3.63, 3.8) is 0 Å². The van der Waals surface area contributed by atoms with Crippen LogP contribution in [0.5, 0.6) is 0 Å². The Morgan fingerprint density at radius 3 is 2.20 bits per heavy atom. The summed E-state index contributed by atoms with van der Waals surface area (Å²) < 4.78 is 0. The summed E-state index contributed by atoms with van der Waals surface area (Å²) in [5, 5.41) is 8.76. The van der Waals surface area contributed by atoms with Gasteiger partial charge >= 0.3 is 5.97 Å². The first kappa shape index (κ1) is 14.7. The van der Waals surface area contributed by atoms with Crippen LogP contribution in [0.1, 0.15) is 44.9 Å². The van der Waals surface area contributed by atoms with Gasteiger partial charge in [0.1, 0.15) is 0 Å². The van der Waals surface area contributed by atoms with Crippen molar-refractivity contribution in [2.75, 3.05) is 6.54 Å². The molecule has 0 bridgehead atoms. The second-order valence-corrected chi connectivity index (χ2v) is 4.35. The molecular weight excluding hydrogens is 214 g/mol. The Morgan fingerprint density at radius 1 is 1.27 bits per heavy atom. The fourth-order valence-electron chi connectivity index (χ4n) is 2.45. The van der Waals surface area contributed by atoms with Gasteiger partial charge in [-0.3, -0.25) is 4.79 Å². The van der Waals surface area contributed by atoms with Gasteiger partial charge in [-0.2, -0.15) is 0 Å². The zero-order valence-corrected chi connectivity index (χ0v) is 9.97. The number of hydrogen-bond acceptors (Lipinski definition) is 2. The lowest BCUT2D eigenvalue weighted by molar-refractivity contribution is -0.138. The first-order chi connectivity index (χ1) is 6.74. The Bertz CT molecular complexity index is 179. The van der Waals surface area contributed by atoms with Crippen molar-refractivity contribution < 1.29 is 9.90 Å². The third kappa shape index (κ3) is 5.38. The largest absolute Gasteiger partial charge is 0.481 e. The van der Waals surface area contributed by atoms with Gasteiger partial charge in [-0.15, -0.1) is 12.4 Å². The molecule has 0 spiro atoms. The van der Waals surface area contributed by atoms with Gasteiger partial charge in [0.05, 0.1) is 0 Å². The summed E-state index contributed by atoms with van der Waals surface area (Å²) in [6.45, 7) is 0.525. The van der Waals surface area contributed by atoms with Crippen molar-refractivity contribution >= 4 is 18.4 Å². The lowest BCUT2D eigenvalue weighted by Gasteiger charge is -2.23. The fraction of sp³-hybridized carbons (Fsp3) is 0.909. The molecule has 3 nitrogen and oxygen atoms in total. The van der Waals surface area contributed by atoms with Gasteiger partial charge < -0.3 is 10.8 Å². The third-order valence-corrected chi connectivity index (χ3v) is 3.31. The Hall–Kier alpha value is -0.280. The summed E-state index contributed by atoms with van der Waals surface area (Å²) in [6, 6.07) is 0. The van der Waals surface area contributed by atoms with Crippen LogP contribution in [0.4, 0.5) is 0 Å². The van der Waals surface area contributed by atoms with Crippen molar-refractivity contribution in [2.45, 2.75) is 44.9 Å². The van der Waals surface area contributed by atoms with E-state index in [2.05, 4.69) is 0 Å². The minimum Gasteiger partial charge on any atom is -0.481 e. The zero-order valence-electron chi connectivity index (χ0n) is 9.15. The lowest BCUT2D eigenvalue weighted by Crippen LogP contribution is -2.25. The predicted octanol–water partition coefficient (Wildman–Crippen LogP) is 2.43. The maximum atomic E-state index is 10.6. The van der Waals surface area contributed by atoms with Gasteiger partial charge in [0.25, 0.3) is 0 Å². The maximum Gasteiger partial charge on any atom is 0.303 e.